The molecule has 0 atom stereocenters. The average molecular weight is 265 g/mol. The van der Waals surface area contributed by atoms with Crippen molar-refractivity contribution >= 4 is 5.82 Å². The highest BCUT2D eigenvalue weighted by atomic mass is 16.5. The number of nitrogens with zero attached hydrogens (tertiary/aromatic N) is 2. The Labute approximate surface area is 117 Å². The minimum Gasteiger partial charge on any atom is -0.478 e. The summed E-state index contributed by atoms with van der Waals surface area (Å²) in [5.74, 6) is 2.68. The van der Waals surface area contributed by atoms with Crippen molar-refractivity contribution in [2.24, 2.45) is 0 Å². The van der Waals surface area contributed by atoms with E-state index in [0.29, 0.717) is 18.4 Å². The van der Waals surface area contributed by atoms with E-state index in [1.54, 1.807) is 0 Å². The summed E-state index contributed by atoms with van der Waals surface area (Å²) in [7, 11) is 0. The topological polar surface area (TPSA) is 47.0 Å². The molecule has 4 nitrogen and oxygen atoms in total. The molecule has 0 bridgehead atoms. The largest absolute Gasteiger partial charge is 0.478 e. The number of aromatic nitrogens is 2. The third kappa shape index (κ3) is 5.90. The summed E-state index contributed by atoms with van der Waals surface area (Å²) in [6, 6.07) is 1.88. The molecule has 0 aliphatic heterocycles. The molecule has 0 fully saturated rings. The Morgan fingerprint density at radius 3 is 2.58 bits per heavy atom. The zero-order chi connectivity index (χ0) is 14.1. The maximum Gasteiger partial charge on any atom is 0.218 e. The highest BCUT2D eigenvalue weighted by Crippen LogP contribution is 2.18. The number of unbranched alkanes of at least 4 members (excludes halogenated alkanes) is 3. The van der Waals surface area contributed by atoms with Crippen molar-refractivity contribution in [3.8, 4) is 5.88 Å². The van der Waals surface area contributed by atoms with Crippen LogP contribution < -0.4 is 10.1 Å². The summed E-state index contributed by atoms with van der Waals surface area (Å²) in [5, 5.41) is 3.37. The van der Waals surface area contributed by atoms with Crippen LogP contribution in [0.5, 0.6) is 5.88 Å². The molecule has 108 valence electrons. The fourth-order valence-corrected chi connectivity index (χ4v) is 1.78. The van der Waals surface area contributed by atoms with E-state index in [-0.39, 0.29) is 0 Å². The second-order valence-corrected chi connectivity index (χ2v) is 5.02. The molecule has 0 unspecified atom stereocenters. The maximum atomic E-state index is 5.49. The van der Waals surface area contributed by atoms with Crippen LogP contribution in [-0.4, -0.2) is 23.1 Å². The van der Waals surface area contributed by atoms with Gasteiger partial charge in [0.25, 0.3) is 0 Å². The van der Waals surface area contributed by atoms with E-state index >= 15 is 0 Å². The van der Waals surface area contributed by atoms with Crippen molar-refractivity contribution in [1.82, 2.24) is 9.97 Å². The van der Waals surface area contributed by atoms with Gasteiger partial charge in [-0.1, -0.05) is 40.0 Å². The monoisotopic (exact) mass is 265 g/mol. The third-order valence-corrected chi connectivity index (χ3v) is 2.87. The van der Waals surface area contributed by atoms with Crippen molar-refractivity contribution in [3.63, 3.8) is 0 Å². The molecule has 0 amide bonds. The van der Waals surface area contributed by atoms with Crippen molar-refractivity contribution in [2.45, 2.75) is 59.3 Å². The molecule has 1 rings (SSSR count). The van der Waals surface area contributed by atoms with Crippen LogP contribution in [0.4, 0.5) is 5.82 Å². The van der Waals surface area contributed by atoms with Gasteiger partial charge < -0.3 is 10.1 Å². The van der Waals surface area contributed by atoms with E-state index in [1.807, 2.05) is 13.0 Å². The first-order valence-electron chi connectivity index (χ1n) is 7.43. The summed E-state index contributed by atoms with van der Waals surface area (Å²) in [5.41, 5.74) is 0. The number of anilines is 1. The lowest BCUT2D eigenvalue weighted by molar-refractivity contribution is 0.324. The summed E-state index contributed by atoms with van der Waals surface area (Å²) < 4.78 is 5.49. The van der Waals surface area contributed by atoms with Gasteiger partial charge in [-0.15, -0.1) is 0 Å². The van der Waals surface area contributed by atoms with Crippen molar-refractivity contribution in [2.75, 3.05) is 18.5 Å². The van der Waals surface area contributed by atoms with Gasteiger partial charge in [-0.25, -0.2) is 4.98 Å². The highest BCUT2D eigenvalue weighted by Gasteiger charge is 2.08. The van der Waals surface area contributed by atoms with Crippen molar-refractivity contribution in [3.05, 3.63) is 11.9 Å². The molecule has 1 heterocycles. The lowest BCUT2D eigenvalue weighted by Gasteiger charge is -2.11. The van der Waals surface area contributed by atoms with Gasteiger partial charge in [0.1, 0.15) is 11.6 Å². The van der Waals surface area contributed by atoms with Crippen molar-refractivity contribution in [1.29, 1.82) is 0 Å². The average Bonchev–Trinajstić information content (AvgIpc) is 2.38. The Morgan fingerprint density at radius 2 is 1.95 bits per heavy atom. The Balaban J connectivity index is 2.60. The molecule has 1 N–H and O–H groups in total. The number of nitrogens with one attached hydrogen (secondary N) is 1. The lowest BCUT2D eigenvalue weighted by Crippen LogP contribution is -2.08. The van der Waals surface area contributed by atoms with Gasteiger partial charge in [-0.2, -0.15) is 4.98 Å². The van der Waals surface area contributed by atoms with Crippen LogP contribution in [0.25, 0.3) is 0 Å². The van der Waals surface area contributed by atoms with E-state index in [9.17, 15) is 0 Å². The quantitative estimate of drug-likeness (QED) is 0.686. The molecule has 0 aliphatic carbocycles. The molecule has 0 saturated carbocycles. The van der Waals surface area contributed by atoms with E-state index in [4.69, 9.17) is 4.74 Å². The summed E-state index contributed by atoms with van der Waals surface area (Å²) in [4.78, 5) is 8.94. The fraction of sp³-hybridized carbons (Fsp3) is 0.733. The maximum absolute atomic E-state index is 5.49. The number of ether oxygens (including phenoxy) is 1. The SMILES string of the molecule is CCCCCCNc1cc(OCC)nc(C(C)C)n1. The molecule has 0 aliphatic rings. The first-order chi connectivity index (χ1) is 9.17. The van der Waals surface area contributed by atoms with Gasteiger partial charge in [-0.3, -0.25) is 0 Å². The minimum absolute atomic E-state index is 0.307. The molecular formula is C15H27N3O. The Morgan fingerprint density at radius 1 is 1.16 bits per heavy atom. The summed E-state index contributed by atoms with van der Waals surface area (Å²) in [6.45, 7) is 9.97. The molecular weight excluding hydrogens is 238 g/mol. The van der Waals surface area contributed by atoms with Gasteiger partial charge in [0.05, 0.1) is 6.61 Å². The lowest BCUT2D eigenvalue weighted by atomic mass is 10.2. The first-order valence-corrected chi connectivity index (χ1v) is 7.43. The fourth-order valence-electron chi connectivity index (χ4n) is 1.78. The van der Waals surface area contributed by atoms with Crippen LogP contribution in [-0.2, 0) is 0 Å². The Bertz CT molecular complexity index is 366. The third-order valence-electron chi connectivity index (χ3n) is 2.87. The molecule has 0 radical (unpaired) electrons. The predicted molar refractivity (Wildman–Crippen MR) is 79.9 cm³/mol. The zero-order valence-electron chi connectivity index (χ0n) is 12.7. The second kappa shape index (κ2) is 8.73. The number of rotatable bonds is 9. The first kappa shape index (κ1) is 15.7. The van der Waals surface area contributed by atoms with Gasteiger partial charge in [0.15, 0.2) is 0 Å². The summed E-state index contributed by atoms with van der Waals surface area (Å²) in [6.07, 6.45) is 5.01. The normalized spacial score (nSPS) is 10.8. The molecule has 0 spiro atoms. The number of hydrogen-bond donors (Lipinski definition) is 1. The van der Waals surface area contributed by atoms with Gasteiger partial charge in [-0.05, 0) is 13.3 Å². The van der Waals surface area contributed by atoms with Crippen LogP contribution in [0.15, 0.2) is 6.07 Å². The molecule has 0 aromatic carbocycles. The highest BCUT2D eigenvalue weighted by molar-refractivity contribution is 5.38. The summed E-state index contributed by atoms with van der Waals surface area (Å²) >= 11 is 0. The van der Waals surface area contributed by atoms with Crippen LogP contribution >= 0.6 is 0 Å². The van der Waals surface area contributed by atoms with Crippen LogP contribution in [0.3, 0.4) is 0 Å². The van der Waals surface area contributed by atoms with E-state index in [1.165, 1.54) is 25.7 Å². The molecule has 0 saturated heterocycles. The second-order valence-electron chi connectivity index (χ2n) is 5.02. The van der Waals surface area contributed by atoms with Gasteiger partial charge in [0, 0.05) is 18.5 Å². The molecule has 1 aromatic heterocycles. The Hall–Kier alpha value is -1.32. The van der Waals surface area contributed by atoms with Crippen LogP contribution in [0, 0.1) is 0 Å². The van der Waals surface area contributed by atoms with E-state index < -0.39 is 0 Å². The predicted octanol–water partition coefficient (Wildman–Crippen LogP) is 3.99. The van der Waals surface area contributed by atoms with Crippen LogP contribution in [0.2, 0.25) is 0 Å². The van der Waals surface area contributed by atoms with Gasteiger partial charge >= 0.3 is 0 Å². The smallest absolute Gasteiger partial charge is 0.218 e. The molecule has 4 heteroatoms. The molecule has 19 heavy (non-hydrogen) atoms. The standard InChI is InChI=1S/C15H27N3O/c1-5-7-8-9-10-16-13-11-14(19-6-2)18-15(17-13)12(3)4/h11-12H,5-10H2,1-4H3,(H,16,17,18). The van der Waals surface area contributed by atoms with E-state index in [0.717, 1.165) is 18.2 Å². The van der Waals surface area contributed by atoms with E-state index in [2.05, 4.69) is 36.1 Å². The van der Waals surface area contributed by atoms with Crippen LogP contribution in [0.1, 0.15) is 65.1 Å². The Kier molecular flexibility index (Phi) is 7.23. The zero-order valence-corrected chi connectivity index (χ0v) is 12.7. The minimum atomic E-state index is 0.307. The number of hydrogen-bond acceptors (Lipinski definition) is 4. The van der Waals surface area contributed by atoms with Gasteiger partial charge in [0.2, 0.25) is 5.88 Å². The van der Waals surface area contributed by atoms with Crippen molar-refractivity contribution < 1.29 is 4.74 Å². The molecule has 1 aromatic rings.